The van der Waals surface area contributed by atoms with Gasteiger partial charge in [0.15, 0.2) is 0 Å². The number of hydrogen-bond donors (Lipinski definition) is 0. The predicted molar refractivity (Wildman–Crippen MR) is 97.7 cm³/mol. The maximum absolute atomic E-state index is 13.3. The molecule has 0 atom stereocenters. The van der Waals surface area contributed by atoms with E-state index in [1.807, 2.05) is 0 Å². The second-order valence-electron chi connectivity index (χ2n) is 7.19. The van der Waals surface area contributed by atoms with Gasteiger partial charge in [-0.3, -0.25) is 4.57 Å². The average molecular weight is 408 g/mol. The van der Waals surface area contributed by atoms with E-state index in [0.29, 0.717) is 0 Å². The highest BCUT2D eigenvalue weighted by Crippen LogP contribution is 2.47. The van der Waals surface area contributed by atoms with Crippen molar-refractivity contribution in [3.8, 4) is 0 Å². The van der Waals surface area contributed by atoms with Gasteiger partial charge >= 0.3 is 20.9 Å². The van der Waals surface area contributed by atoms with E-state index in [-0.39, 0.29) is 24.0 Å². The van der Waals surface area contributed by atoms with Gasteiger partial charge in [0.1, 0.15) is 0 Å². The maximum atomic E-state index is 13.3. The molecule has 0 aromatic heterocycles. The molecule has 1 aliphatic rings. The summed E-state index contributed by atoms with van der Waals surface area (Å²) in [5.41, 5.74) is -2.45. The van der Waals surface area contributed by atoms with Crippen LogP contribution in [0, 0.1) is 0 Å². The number of hydrogen-bond acceptors (Lipinski definition) is 5. The van der Waals surface area contributed by atoms with Crippen molar-refractivity contribution in [1.29, 1.82) is 0 Å². The van der Waals surface area contributed by atoms with Crippen LogP contribution in [0.4, 0.5) is 13.2 Å². The smallest absolute Gasteiger partial charge is 0.399 e. The van der Waals surface area contributed by atoms with Crippen LogP contribution < -0.4 is 10.8 Å². The molecule has 1 saturated heterocycles. The molecule has 1 aliphatic heterocycles. The van der Waals surface area contributed by atoms with Gasteiger partial charge in [-0.05, 0) is 65.2 Å². The first-order valence-corrected chi connectivity index (χ1v) is 10.3. The van der Waals surface area contributed by atoms with E-state index < -0.39 is 37.7 Å². The quantitative estimate of drug-likeness (QED) is 0.528. The molecule has 0 aliphatic carbocycles. The van der Waals surface area contributed by atoms with E-state index in [1.54, 1.807) is 41.5 Å². The molecule has 0 radical (unpaired) electrons. The Labute approximate surface area is 158 Å². The second kappa shape index (κ2) is 7.52. The van der Waals surface area contributed by atoms with Crippen LogP contribution >= 0.6 is 7.60 Å². The van der Waals surface area contributed by atoms with Gasteiger partial charge in [-0.1, -0.05) is 0 Å². The lowest BCUT2D eigenvalue weighted by molar-refractivity contribution is -0.137. The summed E-state index contributed by atoms with van der Waals surface area (Å²) >= 11 is 0. The molecule has 27 heavy (non-hydrogen) atoms. The maximum Gasteiger partial charge on any atom is 0.495 e. The van der Waals surface area contributed by atoms with Crippen molar-refractivity contribution in [1.82, 2.24) is 0 Å². The Hall–Kier alpha value is -0.855. The van der Waals surface area contributed by atoms with Crippen molar-refractivity contribution in [3.63, 3.8) is 0 Å². The molecule has 10 heteroatoms. The van der Waals surface area contributed by atoms with Gasteiger partial charge in [0.05, 0.1) is 35.3 Å². The molecule has 1 aromatic carbocycles. The van der Waals surface area contributed by atoms with Gasteiger partial charge in [-0.2, -0.15) is 13.2 Å². The number of alkyl halides is 3. The summed E-state index contributed by atoms with van der Waals surface area (Å²) in [6, 6.07) is 2.87. The molecule has 0 bridgehead atoms. The van der Waals surface area contributed by atoms with E-state index in [0.717, 1.165) is 18.2 Å². The molecule has 0 unspecified atom stereocenters. The van der Waals surface area contributed by atoms with E-state index in [9.17, 15) is 17.7 Å². The van der Waals surface area contributed by atoms with Crippen molar-refractivity contribution in [2.24, 2.45) is 0 Å². The third-order valence-electron chi connectivity index (χ3n) is 4.76. The highest BCUT2D eigenvalue weighted by atomic mass is 31.2. The van der Waals surface area contributed by atoms with Crippen LogP contribution in [0.1, 0.15) is 47.1 Å². The monoisotopic (exact) mass is 408 g/mol. The number of rotatable bonds is 6. The summed E-state index contributed by atoms with van der Waals surface area (Å²) in [7, 11) is -4.98. The lowest BCUT2D eigenvalue weighted by atomic mass is 9.78. The van der Waals surface area contributed by atoms with Gasteiger partial charge in [0.2, 0.25) is 0 Å². The highest BCUT2D eigenvalue weighted by Gasteiger charge is 2.53. The van der Waals surface area contributed by atoms with Crippen LogP contribution in [0.25, 0.3) is 0 Å². The normalized spacial score (nSPS) is 19.5. The molecule has 0 N–H and O–H groups in total. The first-order valence-electron chi connectivity index (χ1n) is 8.74. The first kappa shape index (κ1) is 22.4. The van der Waals surface area contributed by atoms with Crippen molar-refractivity contribution < 1.29 is 36.1 Å². The van der Waals surface area contributed by atoms with E-state index >= 15 is 0 Å². The zero-order valence-corrected chi connectivity index (χ0v) is 17.2. The Bertz CT molecular complexity index is 710. The molecular formula is C17H25BF3O5P. The molecular weight excluding hydrogens is 383 g/mol. The largest absolute Gasteiger partial charge is 0.495 e. The predicted octanol–water partition coefficient (Wildman–Crippen LogP) is 3.90. The minimum atomic E-state index is -4.57. The standard InChI is InChI=1S/C17H25BF3O5P/c1-7-23-27(22,24-8-2)14-10-9-12(17(19,20)21)11-13(14)18-25-15(3,4)16(5,6)26-18/h9-11H,7-8H2,1-6H3. The van der Waals surface area contributed by atoms with E-state index in [1.165, 1.54) is 0 Å². The molecule has 0 spiro atoms. The van der Waals surface area contributed by atoms with Gasteiger partial charge < -0.3 is 18.4 Å². The minimum absolute atomic E-state index is 0.00583. The molecule has 2 rings (SSSR count). The SMILES string of the molecule is CCOP(=O)(OCC)c1ccc(C(F)(F)F)cc1B1OC(C)(C)C(C)(C)O1. The fraction of sp³-hybridized carbons (Fsp3) is 0.647. The lowest BCUT2D eigenvalue weighted by Crippen LogP contribution is -2.44. The second-order valence-corrected chi connectivity index (χ2v) is 9.19. The first-order chi connectivity index (χ1) is 12.3. The van der Waals surface area contributed by atoms with E-state index in [4.69, 9.17) is 18.4 Å². The van der Waals surface area contributed by atoms with Gasteiger partial charge in [0.25, 0.3) is 0 Å². The van der Waals surface area contributed by atoms with Gasteiger partial charge in [-0.25, -0.2) is 0 Å². The molecule has 0 saturated carbocycles. The average Bonchev–Trinajstić information content (AvgIpc) is 2.74. The van der Waals surface area contributed by atoms with Crippen LogP contribution in [0.3, 0.4) is 0 Å². The Morgan fingerprint density at radius 3 is 1.93 bits per heavy atom. The summed E-state index contributed by atoms with van der Waals surface area (Å²) in [6.45, 7) is 10.5. The summed E-state index contributed by atoms with van der Waals surface area (Å²) in [4.78, 5) is 0. The lowest BCUT2D eigenvalue weighted by Gasteiger charge is -2.32. The highest BCUT2D eigenvalue weighted by molar-refractivity contribution is 7.62. The van der Waals surface area contributed by atoms with Crippen LogP contribution in [0.2, 0.25) is 0 Å². The summed E-state index contributed by atoms with van der Waals surface area (Å²) in [6.07, 6.45) is -4.57. The van der Waals surface area contributed by atoms with Crippen molar-refractivity contribution in [3.05, 3.63) is 23.8 Å². The van der Waals surface area contributed by atoms with Crippen LogP contribution in [-0.4, -0.2) is 31.5 Å². The fourth-order valence-electron chi connectivity index (χ4n) is 2.66. The number of benzene rings is 1. The van der Waals surface area contributed by atoms with Crippen LogP contribution in [0.15, 0.2) is 18.2 Å². The zero-order chi connectivity index (χ0) is 20.7. The molecule has 5 nitrogen and oxygen atoms in total. The van der Waals surface area contributed by atoms with Gasteiger partial charge in [0, 0.05) is 0 Å². The third kappa shape index (κ3) is 4.43. The minimum Gasteiger partial charge on any atom is -0.399 e. The Balaban J connectivity index is 2.64. The molecule has 1 fully saturated rings. The number of halogens is 3. The summed E-state index contributed by atoms with van der Waals surface area (Å²) in [5.74, 6) is 0. The topological polar surface area (TPSA) is 54.0 Å². The van der Waals surface area contributed by atoms with Crippen molar-refractivity contribution >= 4 is 25.5 Å². The molecule has 1 heterocycles. The Kier molecular flexibility index (Phi) is 6.25. The van der Waals surface area contributed by atoms with Crippen molar-refractivity contribution in [2.75, 3.05) is 13.2 Å². The summed E-state index contributed by atoms with van der Waals surface area (Å²) < 4.78 is 75.5. The van der Waals surface area contributed by atoms with Crippen molar-refractivity contribution in [2.45, 2.75) is 58.9 Å². The fourth-order valence-corrected chi connectivity index (χ4v) is 4.43. The Morgan fingerprint density at radius 1 is 1.04 bits per heavy atom. The molecule has 152 valence electrons. The van der Waals surface area contributed by atoms with Crippen LogP contribution in [0.5, 0.6) is 0 Å². The van der Waals surface area contributed by atoms with Crippen LogP contribution in [-0.2, 0) is 29.1 Å². The molecule has 1 aromatic rings. The zero-order valence-electron chi connectivity index (χ0n) is 16.3. The Morgan fingerprint density at radius 2 is 1.52 bits per heavy atom. The summed E-state index contributed by atoms with van der Waals surface area (Å²) in [5, 5.41) is 0.0118. The molecule has 0 amide bonds. The third-order valence-corrected chi connectivity index (χ3v) is 6.95. The van der Waals surface area contributed by atoms with E-state index in [2.05, 4.69) is 0 Å². The van der Waals surface area contributed by atoms with Gasteiger partial charge in [-0.15, -0.1) is 0 Å².